The molecule has 3 nitrogen and oxygen atoms in total. The van der Waals surface area contributed by atoms with Crippen molar-refractivity contribution < 1.29 is 9.59 Å². The molecule has 0 saturated carbocycles. The molecule has 0 atom stereocenters. The summed E-state index contributed by atoms with van der Waals surface area (Å²) in [5.41, 5.74) is 0.743. The van der Waals surface area contributed by atoms with Crippen molar-refractivity contribution in [2.45, 2.75) is 19.8 Å². The molecule has 0 aromatic rings. The second-order valence-electron chi connectivity index (χ2n) is 2.72. The van der Waals surface area contributed by atoms with Gasteiger partial charge >= 0.3 is 0 Å². The smallest absolute Gasteiger partial charge is 0.226 e. The maximum Gasteiger partial charge on any atom is 0.226 e. The quantitative estimate of drug-likeness (QED) is 0.556. The molecule has 1 aliphatic heterocycles. The molecular formula is C8H11NO2. The van der Waals surface area contributed by atoms with Crippen molar-refractivity contribution in [3.05, 3.63) is 11.8 Å². The lowest BCUT2D eigenvalue weighted by Crippen LogP contribution is -2.26. The molecule has 0 saturated heterocycles. The number of nitrogens with zero attached hydrogens (tertiary/aromatic N) is 1. The molecule has 1 heterocycles. The van der Waals surface area contributed by atoms with Crippen LogP contribution in [-0.2, 0) is 9.59 Å². The largest absolute Gasteiger partial charge is 0.322 e. The first-order chi connectivity index (χ1) is 5.11. The Morgan fingerprint density at radius 1 is 1.55 bits per heavy atom. The van der Waals surface area contributed by atoms with Crippen LogP contribution in [0.15, 0.2) is 11.8 Å². The fourth-order valence-electron chi connectivity index (χ4n) is 1.06. The van der Waals surface area contributed by atoms with Crippen molar-refractivity contribution in [2.75, 3.05) is 7.05 Å². The first-order valence-electron chi connectivity index (χ1n) is 3.58. The summed E-state index contributed by atoms with van der Waals surface area (Å²) in [6.45, 7) is 1.52. The lowest BCUT2D eigenvalue weighted by atomic mass is 10.0. The minimum Gasteiger partial charge on any atom is -0.322 e. The van der Waals surface area contributed by atoms with Crippen LogP contribution in [0, 0.1) is 0 Å². The average molecular weight is 153 g/mol. The molecule has 60 valence electrons. The zero-order valence-corrected chi connectivity index (χ0v) is 6.76. The normalized spacial score (nSPS) is 18.2. The molecule has 0 aromatic heterocycles. The van der Waals surface area contributed by atoms with Gasteiger partial charge in [-0.1, -0.05) is 0 Å². The summed E-state index contributed by atoms with van der Waals surface area (Å²) in [6.07, 6.45) is 2.68. The van der Waals surface area contributed by atoms with Gasteiger partial charge in [0.2, 0.25) is 5.91 Å². The van der Waals surface area contributed by atoms with Gasteiger partial charge in [-0.05, 0) is 13.3 Å². The van der Waals surface area contributed by atoms with E-state index in [1.807, 2.05) is 0 Å². The Morgan fingerprint density at radius 2 is 2.18 bits per heavy atom. The van der Waals surface area contributed by atoms with Gasteiger partial charge in [-0.2, -0.15) is 0 Å². The Hall–Kier alpha value is -1.12. The fourth-order valence-corrected chi connectivity index (χ4v) is 1.06. The molecule has 0 aromatic carbocycles. The molecule has 1 rings (SSSR count). The van der Waals surface area contributed by atoms with Crippen molar-refractivity contribution in [1.29, 1.82) is 0 Å². The highest BCUT2D eigenvalue weighted by Crippen LogP contribution is 2.14. The summed E-state index contributed by atoms with van der Waals surface area (Å²) < 4.78 is 0. The number of rotatable bonds is 1. The maximum absolute atomic E-state index is 10.9. The summed E-state index contributed by atoms with van der Waals surface area (Å²) in [4.78, 5) is 23.2. The third kappa shape index (κ3) is 1.67. The zero-order chi connectivity index (χ0) is 8.43. The van der Waals surface area contributed by atoms with Gasteiger partial charge in [-0.3, -0.25) is 9.59 Å². The molecule has 0 aliphatic carbocycles. The van der Waals surface area contributed by atoms with Gasteiger partial charge in [0.05, 0.1) is 0 Å². The Balaban J connectivity index is 2.79. The predicted molar refractivity (Wildman–Crippen MR) is 40.8 cm³/mol. The van der Waals surface area contributed by atoms with E-state index in [1.165, 1.54) is 11.8 Å². The predicted octanol–water partition coefficient (Wildman–Crippen LogP) is 0.712. The van der Waals surface area contributed by atoms with Crippen LogP contribution >= 0.6 is 0 Å². The van der Waals surface area contributed by atoms with Gasteiger partial charge in [0.25, 0.3) is 0 Å². The van der Waals surface area contributed by atoms with E-state index in [-0.39, 0.29) is 11.7 Å². The number of ketones is 1. The first-order valence-corrected chi connectivity index (χ1v) is 3.58. The molecule has 1 aliphatic rings. The van der Waals surface area contributed by atoms with Crippen LogP contribution < -0.4 is 0 Å². The van der Waals surface area contributed by atoms with Gasteiger partial charge in [0.1, 0.15) is 0 Å². The summed E-state index contributed by atoms with van der Waals surface area (Å²) >= 11 is 0. The highest BCUT2D eigenvalue weighted by Gasteiger charge is 2.16. The molecule has 0 unspecified atom stereocenters. The molecular weight excluding hydrogens is 142 g/mol. The molecule has 0 spiro atoms. The van der Waals surface area contributed by atoms with Crippen molar-refractivity contribution in [3.8, 4) is 0 Å². The number of hydrogen-bond donors (Lipinski definition) is 0. The van der Waals surface area contributed by atoms with Crippen molar-refractivity contribution in [2.24, 2.45) is 0 Å². The van der Waals surface area contributed by atoms with E-state index in [1.54, 1.807) is 13.2 Å². The first kappa shape index (κ1) is 7.98. The molecule has 3 heteroatoms. The summed E-state index contributed by atoms with van der Waals surface area (Å²) in [7, 11) is 1.67. The van der Waals surface area contributed by atoms with Crippen molar-refractivity contribution in [1.82, 2.24) is 4.90 Å². The van der Waals surface area contributed by atoms with E-state index in [9.17, 15) is 9.59 Å². The number of carbonyl (C=O) groups is 2. The Morgan fingerprint density at radius 3 is 2.64 bits per heavy atom. The maximum atomic E-state index is 10.9. The van der Waals surface area contributed by atoms with Gasteiger partial charge in [-0.15, -0.1) is 0 Å². The van der Waals surface area contributed by atoms with Crippen LogP contribution in [-0.4, -0.2) is 23.6 Å². The zero-order valence-electron chi connectivity index (χ0n) is 6.76. The minimum absolute atomic E-state index is 0.0596. The second-order valence-corrected chi connectivity index (χ2v) is 2.72. The third-order valence-electron chi connectivity index (χ3n) is 1.80. The standard InChI is InChI=1S/C8H11NO2/c1-6(10)7-3-4-8(11)9(2)5-7/h5H,3-4H2,1-2H3. The number of allylic oxidation sites excluding steroid dienone is 1. The Labute approximate surface area is 65.7 Å². The van der Waals surface area contributed by atoms with Crippen LogP contribution in [0.2, 0.25) is 0 Å². The van der Waals surface area contributed by atoms with Crippen LogP contribution in [0.1, 0.15) is 19.8 Å². The summed E-state index contributed by atoms with van der Waals surface area (Å²) in [5.74, 6) is 0.138. The average Bonchev–Trinajstić information content (AvgIpc) is 1.94. The Bertz CT molecular complexity index is 230. The number of amides is 1. The van der Waals surface area contributed by atoms with Crippen molar-refractivity contribution >= 4 is 11.7 Å². The summed E-state index contributed by atoms with van der Waals surface area (Å²) in [6, 6.07) is 0. The molecule has 0 bridgehead atoms. The van der Waals surface area contributed by atoms with E-state index < -0.39 is 0 Å². The third-order valence-corrected chi connectivity index (χ3v) is 1.80. The van der Waals surface area contributed by atoms with E-state index >= 15 is 0 Å². The number of carbonyl (C=O) groups excluding carboxylic acids is 2. The van der Waals surface area contributed by atoms with Crippen LogP contribution in [0.25, 0.3) is 0 Å². The van der Waals surface area contributed by atoms with E-state index in [0.717, 1.165) is 5.57 Å². The molecule has 0 N–H and O–H groups in total. The topological polar surface area (TPSA) is 37.4 Å². The molecule has 0 radical (unpaired) electrons. The lowest BCUT2D eigenvalue weighted by molar-refractivity contribution is -0.128. The summed E-state index contributed by atoms with van der Waals surface area (Å²) in [5, 5.41) is 0. The van der Waals surface area contributed by atoms with E-state index in [4.69, 9.17) is 0 Å². The van der Waals surface area contributed by atoms with Crippen LogP contribution in [0.5, 0.6) is 0 Å². The molecule has 1 amide bonds. The van der Waals surface area contributed by atoms with Gasteiger partial charge < -0.3 is 4.90 Å². The van der Waals surface area contributed by atoms with E-state index in [2.05, 4.69) is 0 Å². The SMILES string of the molecule is CC(=O)C1=CN(C)C(=O)CC1. The van der Waals surface area contributed by atoms with Crippen LogP contribution in [0.4, 0.5) is 0 Å². The van der Waals surface area contributed by atoms with Crippen LogP contribution in [0.3, 0.4) is 0 Å². The second kappa shape index (κ2) is 2.86. The number of Topliss-reactive ketones (excluding diaryl/α,β-unsaturated/α-hetero) is 1. The molecule has 11 heavy (non-hydrogen) atoms. The van der Waals surface area contributed by atoms with E-state index in [0.29, 0.717) is 12.8 Å². The van der Waals surface area contributed by atoms with Gasteiger partial charge in [0.15, 0.2) is 5.78 Å². The fraction of sp³-hybridized carbons (Fsp3) is 0.500. The monoisotopic (exact) mass is 153 g/mol. The highest BCUT2D eigenvalue weighted by molar-refractivity contribution is 5.95. The number of hydrogen-bond acceptors (Lipinski definition) is 2. The van der Waals surface area contributed by atoms with Crippen molar-refractivity contribution in [3.63, 3.8) is 0 Å². The van der Waals surface area contributed by atoms with Gasteiger partial charge in [0, 0.05) is 25.2 Å². The Kier molecular flexibility index (Phi) is 2.08. The minimum atomic E-state index is 0.0596. The lowest BCUT2D eigenvalue weighted by Gasteiger charge is -2.19. The molecule has 0 fully saturated rings. The highest BCUT2D eigenvalue weighted by atomic mass is 16.2. The van der Waals surface area contributed by atoms with Gasteiger partial charge in [-0.25, -0.2) is 0 Å².